The molecule has 0 aliphatic carbocycles. The lowest BCUT2D eigenvalue weighted by Crippen LogP contribution is -2.45. The number of hydrogen-bond donors (Lipinski definition) is 4. The molecule has 30 heavy (non-hydrogen) atoms. The summed E-state index contributed by atoms with van der Waals surface area (Å²) in [6.45, 7) is 25.4. The molecular formula is C18H46N7O2P3. The average Bonchev–Trinajstić information content (AvgIpc) is 2.37. The van der Waals surface area contributed by atoms with Gasteiger partial charge in [0.15, 0.2) is 0 Å². The van der Waals surface area contributed by atoms with Gasteiger partial charge in [-0.25, -0.2) is 20.3 Å². The van der Waals surface area contributed by atoms with Crippen molar-refractivity contribution >= 4 is 22.7 Å². The SMILES string of the molecule is COP1(OC)=NP(NC(C)(C)C)(NC(C)(C)C)=NP(NC(C)(C)C)(NC(C)(C)C)=N1. The molecule has 0 spiro atoms. The highest BCUT2D eigenvalue weighted by Crippen LogP contribution is 2.75. The van der Waals surface area contributed by atoms with E-state index in [1.165, 1.54) is 0 Å². The Kier molecular flexibility index (Phi) is 8.55. The number of hydrogen-bond acceptors (Lipinski definition) is 9. The molecule has 0 fully saturated rings. The first-order chi connectivity index (χ1) is 13.1. The van der Waals surface area contributed by atoms with Crippen molar-refractivity contribution in [2.24, 2.45) is 13.5 Å². The Labute approximate surface area is 185 Å². The summed E-state index contributed by atoms with van der Waals surface area (Å²) in [4.78, 5) is 0. The van der Waals surface area contributed by atoms with Crippen molar-refractivity contribution in [1.29, 1.82) is 0 Å². The van der Waals surface area contributed by atoms with Crippen LogP contribution < -0.4 is 20.3 Å². The van der Waals surface area contributed by atoms with Gasteiger partial charge in [-0.05, 0) is 83.1 Å². The highest BCUT2D eigenvalue weighted by molar-refractivity contribution is 7.82. The predicted octanol–water partition coefficient (Wildman–Crippen LogP) is 6.68. The fraction of sp³-hybridized carbons (Fsp3) is 1.00. The molecule has 0 aromatic heterocycles. The second-order valence-corrected chi connectivity index (χ2v) is 18.9. The largest absolute Gasteiger partial charge is 0.345 e. The Bertz CT molecular complexity index is 698. The predicted molar refractivity (Wildman–Crippen MR) is 134 cm³/mol. The normalized spacial score (nSPS) is 21.4. The van der Waals surface area contributed by atoms with Crippen LogP contribution in [-0.4, -0.2) is 36.4 Å². The molecule has 0 saturated heterocycles. The van der Waals surface area contributed by atoms with E-state index >= 15 is 0 Å². The van der Waals surface area contributed by atoms with E-state index in [9.17, 15) is 0 Å². The average molecular weight is 486 g/mol. The summed E-state index contributed by atoms with van der Waals surface area (Å²) < 4.78 is 27.3. The van der Waals surface area contributed by atoms with E-state index in [4.69, 9.17) is 22.6 Å². The van der Waals surface area contributed by atoms with Gasteiger partial charge < -0.3 is 9.05 Å². The first kappa shape index (κ1) is 28.5. The summed E-state index contributed by atoms with van der Waals surface area (Å²) in [6.07, 6.45) is 0. The van der Waals surface area contributed by atoms with Crippen LogP contribution in [0.3, 0.4) is 0 Å². The second kappa shape index (κ2) is 9.00. The molecule has 1 aliphatic rings. The third-order valence-electron chi connectivity index (χ3n) is 3.18. The molecule has 0 aromatic rings. The van der Waals surface area contributed by atoms with E-state index in [0.29, 0.717) is 0 Å². The molecule has 0 amide bonds. The van der Waals surface area contributed by atoms with Crippen LogP contribution in [-0.2, 0) is 9.05 Å². The van der Waals surface area contributed by atoms with Crippen molar-refractivity contribution in [3.63, 3.8) is 0 Å². The van der Waals surface area contributed by atoms with Gasteiger partial charge in [-0.2, -0.15) is 13.5 Å². The van der Waals surface area contributed by atoms with E-state index in [-0.39, 0.29) is 22.2 Å². The minimum absolute atomic E-state index is 0.243. The molecule has 0 bridgehead atoms. The van der Waals surface area contributed by atoms with Crippen LogP contribution in [0.15, 0.2) is 13.5 Å². The maximum Gasteiger partial charge on any atom is 0.345 e. The third-order valence-corrected chi connectivity index (χ3v) is 14.0. The Balaban J connectivity index is 4.08. The van der Waals surface area contributed by atoms with Crippen LogP contribution in [0.5, 0.6) is 0 Å². The van der Waals surface area contributed by atoms with Gasteiger partial charge >= 0.3 is 7.66 Å². The molecule has 4 N–H and O–H groups in total. The number of nitrogens with zero attached hydrogens (tertiary/aromatic N) is 3. The highest BCUT2D eigenvalue weighted by atomic mass is 31.3. The summed E-state index contributed by atoms with van der Waals surface area (Å²) in [5.41, 5.74) is -0.974. The van der Waals surface area contributed by atoms with Gasteiger partial charge in [0.05, 0.1) is 0 Å². The van der Waals surface area contributed by atoms with Gasteiger partial charge in [-0.1, -0.05) is 0 Å². The zero-order chi connectivity index (χ0) is 23.9. The molecule has 180 valence electrons. The van der Waals surface area contributed by atoms with Crippen LogP contribution in [0.2, 0.25) is 0 Å². The first-order valence-corrected chi connectivity index (χ1v) is 15.2. The molecule has 1 heterocycles. The zero-order valence-electron chi connectivity index (χ0n) is 21.5. The molecule has 1 rings (SSSR count). The number of nitrogens with one attached hydrogen (secondary N) is 4. The fourth-order valence-electron chi connectivity index (χ4n) is 2.89. The second-order valence-electron chi connectivity index (χ2n) is 11.8. The molecule has 9 nitrogen and oxygen atoms in total. The lowest BCUT2D eigenvalue weighted by atomic mass is 10.1. The summed E-state index contributed by atoms with van der Waals surface area (Å²) in [6, 6.07) is 0. The molecule has 12 heteroatoms. The van der Waals surface area contributed by atoms with Gasteiger partial charge in [0.1, 0.15) is 0 Å². The fourth-order valence-corrected chi connectivity index (χ4v) is 15.0. The van der Waals surface area contributed by atoms with Gasteiger partial charge in [-0.15, -0.1) is 0 Å². The topological polar surface area (TPSA) is 104 Å². The van der Waals surface area contributed by atoms with Crippen LogP contribution in [0.1, 0.15) is 83.1 Å². The molecular weight excluding hydrogens is 439 g/mol. The summed E-state index contributed by atoms with van der Waals surface area (Å²) in [5.74, 6) is 0. The minimum Gasteiger partial charge on any atom is -0.310 e. The minimum atomic E-state index is -2.93. The van der Waals surface area contributed by atoms with Gasteiger partial charge in [0.2, 0.25) is 15.0 Å². The quantitative estimate of drug-likeness (QED) is 0.313. The molecule has 1 aliphatic heterocycles. The van der Waals surface area contributed by atoms with E-state index in [1.54, 1.807) is 14.2 Å². The Morgan fingerprint density at radius 2 is 0.733 bits per heavy atom. The van der Waals surface area contributed by atoms with Crippen molar-refractivity contribution in [3.8, 4) is 0 Å². The highest BCUT2D eigenvalue weighted by Gasteiger charge is 2.43. The van der Waals surface area contributed by atoms with Crippen molar-refractivity contribution < 1.29 is 9.05 Å². The molecule has 0 radical (unpaired) electrons. The Morgan fingerprint density at radius 3 is 0.967 bits per heavy atom. The standard InChI is InChI=1S/C18H46N7O2P3/c1-15(2,3)19-28(20-16(4,5)6)23-29(21-17(7,8)9,22-18(10,11)12)25-30(24-28,26-13)27-14/h19-22H,1-14H3. The molecule has 0 atom stereocenters. The smallest absolute Gasteiger partial charge is 0.310 e. The summed E-state index contributed by atoms with van der Waals surface area (Å²) >= 11 is 0. The zero-order valence-corrected chi connectivity index (χ0v) is 24.2. The first-order valence-electron chi connectivity index (χ1n) is 10.3. The maximum absolute atomic E-state index is 5.89. The molecule has 0 unspecified atom stereocenters. The van der Waals surface area contributed by atoms with Crippen LogP contribution in [0, 0.1) is 0 Å². The number of rotatable bonds is 6. The van der Waals surface area contributed by atoms with Crippen LogP contribution in [0.4, 0.5) is 0 Å². The van der Waals surface area contributed by atoms with Crippen molar-refractivity contribution in [3.05, 3.63) is 0 Å². The van der Waals surface area contributed by atoms with E-state index in [0.717, 1.165) is 0 Å². The van der Waals surface area contributed by atoms with E-state index < -0.39 is 22.7 Å². The van der Waals surface area contributed by atoms with Crippen LogP contribution in [0.25, 0.3) is 0 Å². The van der Waals surface area contributed by atoms with Crippen LogP contribution >= 0.6 is 22.7 Å². The van der Waals surface area contributed by atoms with Crippen molar-refractivity contribution in [2.75, 3.05) is 14.2 Å². The van der Waals surface area contributed by atoms with Crippen molar-refractivity contribution in [2.45, 2.75) is 105 Å². The van der Waals surface area contributed by atoms with Crippen molar-refractivity contribution in [1.82, 2.24) is 20.3 Å². The lowest BCUT2D eigenvalue weighted by molar-refractivity contribution is 0.329. The Morgan fingerprint density at radius 1 is 0.467 bits per heavy atom. The van der Waals surface area contributed by atoms with E-state index in [1.807, 2.05) is 0 Å². The van der Waals surface area contributed by atoms with Gasteiger partial charge in [0.25, 0.3) is 0 Å². The summed E-state index contributed by atoms with van der Waals surface area (Å²) in [7, 11) is -5.11. The lowest BCUT2D eigenvalue weighted by Gasteiger charge is -2.43. The molecule has 0 saturated carbocycles. The maximum atomic E-state index is 5.89. The third kappa shape index (κ3) is 9.13. The summed E-state index contributed by atoms with van der Waals surface area (Å²) in [5, 5.41) is 14.8. The van der Waals surface area contributed by atoms with Gasteiger partial charge in [0, 0.05) is 36.4 Å². The molecule has 0 aromatic carbocycles. The van der Waals surface area contributed by atoms with E-state index in [2.05, 4.69) is 103 Å². The van der Waals surface area contributed by atoms with Gasteiger partial charge in [-0.3, -0.25) is 0 Å². The monoisotopic (exact) mass is 485 g/mol. The Hall–Kier alpha value is 0.450.